The molecule has 0 bridgehead atoms. The molecule has 0 N–H and O–H groups in total. The van der Waals surface area contributed by atoms with Crippen LogP contribution in [0.5, 0.6) is 0 Å². The number of pyridine rings is 1. The largest absolute Gasteiger partial charge is 0.339 e. The van der Waals surface area contributed by atoms with Gasteiger partial charge >= 0.3 is 0 Å². The molecule has 0 amide bonds. The van der Waals surface area contributed by atoms with Gasteiger partial charge in [-0.25, -0.2) is 4.98 Å². The summed E-state index contributed by atoms with van der Waals surface area (Å²) in [6.45, 7) is 3.49. The van der Waals surface area contributed by atoms with Gasteiger partial charge in [0.25, 0.3) is 0 Å². The van der Waals surface area contributed by atoms with Gasteiger partial charge in [-0.05, 0) is 19.1 Å². The Balaban J connectivity index is 1.91. The van der Waals surface area contributed by atoms with E-state index < -0.39 is 10.8 Å². The van der Waals surface area contributed by atoms with Crippen LogP contribution in [0.3, 0.4) is 0 Å². The van der Waals surface area contributed by atoms with Crippen LogP contribution in [0.25, 0.3) is 11.5 Å². The molecule has 0 saturated carbocycles. The quantitative estimate of drug-likeness (QED) is 0.817. The molecule has 1 fully saturated rings. The van der Waals surface area contributed by atoms with Gasteiger partial charge in [-0.3, -0.25) is 8.78 Å². The summed E-state index contributed by atoms with van der Waals surface area (Å²) in [5.41, 5.74) is 1.78. The molecule has 0 atom stereocenters. The Kier molecular flexibility index (Phi) is 3.52. The minimum atomic E-state index is -0.685. The molecule has 3 heterocycles. The summed E-state index contributed by atoms with van der Waals surface area (Å²) in [7, 11) is 1.26. The number of rotatable bonds is 2. The number of nitrogens with zero attached hydrogens (tertiary/aromatic N) is 5. The van der Waals surface area contributed by atoms with E-state index in [0.717, 1.165) is 36.3 Å². The molecule has 6 nitrogen and oxygen atoms in total. The van der Waals surface area contributed by atoms with Gasteiger partial charge in [-0.15, -0.1) is 10.2 Å². The van der Waals surface area contributed by atoms with Gasteiger partial charge in [0.15, 0.2) is 5.82 Å². The lowest BCUT2D eigenvalue weighted by molar-refractivity contribution is 0.669. The number of hydrogen-bond donors (Lipinski definition) is 0. The van der Waals surface area contributed by atoms with E-state index in [2.05, 4.69) is 20.1 Å². The van der Waals surface area contributed by atoms with Crippen LogP contribution in [0, 0.1) is 6.92 Å². The van der Waals surface area contributed by atoms with Crippen LogP contribution in [0.2, 0.25) is 0 Å². The van der Waals surface area contributed by atoms with Crippen molar-refractivity contribution in [2.24, 2.45) is 7.05 Å². The first-order chi connectivity index (χ1) is 9.65. The van der Waals surface area contributed by atoms with Crippen molar-refractivity contribution in [3.05, 3.63) is 23.9 Å². The molecule has 0 aliphatic carbocycles. The molecule has 3 rings (SSSR count). The summed E-state index contributed by atoms with van der Waals surface area (Å²) in [5, 5.41) is 8.52. The van der Waals surface area contributed by atoms with Gasteiger partial charge in [-0.2, -0.15) is 0 Å². The number of aryl methyl sites for hydroxylation is 1. The fourth-order valence-corrected chi connectivity index (χ4v) is 3.38. The maximum atomic E-state index is 11.4. The van der Waals surface area contributed by atoms with E-state index in [-0.39, 0.29) is 0 Å². The highest BCUT2D eigenvalue weighted by Gasteiger charge is 2.21. The van der Waals surface area contributed by atoms with Crippen molar-refractivity contribution in [2.75, 3.05) is 29.5 Å². The lowest BCUT2D eigenvalue weighted by Crippen LogP contribution is -2.39. The summed E-state index contributed by atoms with van der Waals surface area (Å²) >= 11 is 0. The topological polar surface area (TPSA) is 63.9 Å². The Hall–Kier alpha value is -1.76. The Morgan fingerprint density at radius 1 is 1.20 bits per heavy atom. The molecule has 1 aliphatic heterocycles. The first-order valence-electron chi connectivity index (χ1n) is 6.58. The van der Waals surface area contributed by atoms with Crippen molar-refractivity contribution in [1.29, 1.82) is 0 Å². The third kappa shape index (κ3) is 2.45. The summed E-state index contributed by atoms with van der Waals surface area (Å²) in [6, 6.07) is 5.86. The highest BCUT2D eigenvalue weighted by atomic mass is 32.2. The minimum Gasteiger partial charge on any atom is -0.339 e. The maximum absolute atomic E-state index is 11.4. The van der Waals surface area contributed by atoms with Gasteiger partial charge in [-0.1, -0.05) is 6.07 Å². The summed E-state index contributed by atoms with van der Waals surface area (Å²) in [6.07, 6.45) is 0. The third-order valence-corrected chi connectivity index (χ3v) is 4.71. The molecule has 106 valence electrons. The van der Waals surface area contributed by atoms with Crippen LogP contribution in [0.4, 0.5) is 5.95 Å². The summed E-state index contributed by atoms with van der Waals surface area (Å²) in [5.74, 6) is 2.98. The molecular formula is C13H17N5OS. The fraction of sp³-hybridized carbons (Fsp3) is 0.462. The Morgan fingerprint density at radius 2 is 1.95 bits per heavy atom. The van der Waals surface area contributed by atoms with E-state index in [1.165, 1.54) is 0 Å². The SMILES string of the molecule is Cc1cccc(-c2nnc(N3CCS(=O)CC3)n2C)n1. The van der Waals surface area contributed by atoms with E-state index in [9.17, 15) is 4.21 Å². The second kappa shape index (κ2) is 5.32. The van der Waals surface area contributed by atoms with E-state index in [1.807, 2.05) is 36.7 Å². The average Bonchev–Trinajstić information content (AvgIpc) is 2.82. The first-order valence-corrected chi connectivity index (χ1v) is 8.07. The zero-order valence-corrected chi connectivity index (χ0v) is 12.4. The average molecular weight is 291 g/mol. The molecule has 0 radical (unpaired) electrons. The summed E-state index contributed by atoms with van der Waals surface area (Å²) < 4.78 is 13.4. The van der Waals surface area contributed by atoms with Crippen LogP contribution in [-0.4, -0.2) is 48.6 Å². The van der Waals surface area contributed by atoms with Crippen molar-refractivity contribution in [1.82, 2.24) is 19.7 Å². The van der Waals surface area contributed by atoms with Crippen molar-refractivity contribution < 1.29 is 4.21 Å². The van der Waals surface area contributed by atoms with Crippen LogP contribution >= 0.6 is 0 Å². The van der Waals surface area contributed by atoms with Gasteiger partial charge < -0.3 is 4.90 Å². The normalized spacial score (nSPS) is 16.6. The first kappa shape index (κ1) is 13.2. The van der Waals surface area contributed by atoms with Crippen LogP contribution < -0.4 is 4.90 Å². The summed E-state index contributed by atoms with van der Waals surface area (Å²) in [4.78, 5) is 6.62. The molecular weight excluding hydrogens is 274 g/mol. The van der Waals surface area contributed by atoms with E-state index in [1.54, 1.807) is 0 Å². The lowest BCUT2D eigenvalue weighted by Gasteiger charge is -2.26. The van der Waals surface area contributed by atoms with Gasteiger partial charge in [0, 0.05) is 48.1 Å². The van der Waals surface area contributed by atoms with Crippen molar-refractivity contribution >= 4 is 16.7 Å². The minimum absolute atomic E-state index is 0.685. The maximum Gasteiger partial charge on any atom is 0.227 e. The molecule has 0 spiro atoms. The smallest absolute Gasteiger partial charge is 0.227 e. The molecule has 7 heteroatoms. The lowest BCUT2D eigenvalue weighted by atomic mass is 10.3. The molecule has 0 aromatic carbocycles. The zero-order valence-electron chi connectivity index (χ0n) is 11.6. The Morgan fingerprint density at radius 3 is 2.65 bits per heavy atom. The standard InChI is InChI=1S/C13H17N5OS/c1-10-4-3-5-11(14-10)12-15-16-13(17(12)2)18-6-8-20(19)9-7-18/h3-5H,6-9H2,1-2H3. The van der Waals surface area contributed by atoms with Crippen LogP contribution in [0.1, 0.15) is 5.69 Å². The van der Waals surface area contributed by atoms with E-state index in [0.29, 0.717) is 11.5 Å². The van der Waals surface area contributed by atoms with Crippen LogP contribution in [0.15, 0.2) is 18.2 Å². The van der Waals surface area contributed by atoms with Crippen molar-refractivity contribution in [2.45, 2.75) is 6.92 Å². The van der Waals surface area contributed by atoms with E-state index in [4.69, 9.17) is 0 Å². The van der Waals surface area contributed by atoms with E-state index >= 15 is 0 Å². The predicted molar refractivity (Wildman–Crippen MR) is 79.1 cm³/mol. The third-order valence-electron chi connectivity index (χ3n) is 3.43. The second-order valence-corrected chi connectivity index (χ2v) is 6.58. The molecule has 2 aromatic heterocycles. The number of anilines is 1. The zero-order chi connectivity index (χ0) is 14.1. The van der Waals surface area contributed by atoms with Crippen molar-refractivity contribution in [3.8, 4) is 11.5 Å². The van der Waals surface area contributed by atoms with Crippen molar-refractivity contribution in [3.63, 3.8) is 0 Å². The Bertz CT molecular complexity index is 644. The molecule has 1 aliphatic rings. The van der Waals surface area contributed by atoms with Gasteiger partial charge in [0.05, 0.1) is 0 Å². The highest BCUT2D eigenvalue weighted by molar-refractivity contribution is 7.85. The van der Waals surface area contributed by atoms with Crippen LogP contribution in [-0.2, 0) is 17.8 Å². The monoisotopic (exact) mass is 291 g/mol. The molecule has 0 unspecified atom stereocenters. The second-order valence-electron chi connectivity index (χ2n) is 4.88. The molecule has 1 saturated heterocycles. The van der Waals surface area contributed by atoms with Gasteiger partial charge in [0.2, 0.25) is 5.95 Å². The molecule has 2 aromatic rings. The highest BCUT2D eigenvalue weighted by Crippen LogP contribution is 2.20. The number of aromatic nitrogens is 4. The number of hydrogen-bond acceptors (Lipinski definition) is 5. The van der Waals surface area contributed by atoms with Gasteiger partial charge in [0.1, 0.15) is 5.69 Å². The molecule has 20 heavy (non-hydrogen) atoms. The fourth-order valence-electron chi connectivity index (χ4n) is 2.32. The Labute approximate surface area is 120 Å². The predicted octanol–water partition coefficient (Wildman–Crippen LogP) is 0.754.